The largest absolute Gasteiger partial charge is 0.469 e. The van der Waals surface area contributed by atoms with E-state index in [1.807, 2.05) is 30.0 Å². The van der Waals surface area contributed by atoms with E-state index in [0.29, 0.717) is 24.4 Å². The van der Waals surface area contributed by atoms with E-state index < -0.39 is 0 Å². The molecule has 0 saturated heterocycles. The maximum atomic E-state index is 12.7. The molecule has 3 rings (SSSR count). The zero-order valence-electron chi connectivity index (χ0n) is 12.7. The number of aryl methyl sites for hydroxylation is 1. The first kappa shape index (κ1) is 14.4. The molecule has 0 saturated carbocycles. The highest BCUT2D eigenvalue weighted by atomic mass is 16.3. The van der Waals surface area contributed by atoms with Crippen molar-refractivity contribution in [1.82, 2.24) is 9.88 Å². The second-order valence-electron chi connectivity index (χ2n) is 5.34. The molecule has 0 unspecified atom stereocenters. The van der Waals surface area contributed by atoms with Crippen LogP contribution in [0.3, 0.4) is 0 Å². The number of rotatable bonds is 3. The highest BCUT2D eigenvalue weighted by molar-refractivity contribution is 5.95. The van der Waals surface area contributed by atoms with Gasteiger partial charge in [-0.1, -0.05) is 12.1 Å². The average Bonchev–Trinajstić information content (AvgIpc) is 2.86. The molecule has 0 bridgehead atoms. The third-order valence-corrected chi connectivity index (χ3v) is 3.89. The van der Waals surface area contributed by atoms with Crippen LogP contribution in [0.2, 0.25) is 0 Å². The first-order valence-corrected chi connectivity index (χ1v) is 7.34. The highest BCUT2D eigenvalue weighted by Gasteiger charge is 2.25. The van der Waals surface area contributed by atoms with Crippen molar-refractivity contribution in [2.24, 2.45) is 0 Å². The molecule has 3 heterocycles. The molecule has 22 heavy (non-hydrogen) atoms. The van der Waals surface area contributed by atoms with Crippen LogP contribution in [0.4, 0.5) is 5.82 Å². The van der Waals surface area contributed by atoms with Crippen molar-refractivity contribution in [2.45, 2.75) is 13.5 Å². The normalized spacial score (nSPS) is 14.4. The minimum atomic E-state index is 0.00139. The fraction of sp³-hybridized carbons (Fsp3) is 0.294. The van der Waals surface area contributed by atoms with E-state index in [-0.39, 0.29) is 5.91 Å². The van der Waals surface area contributed by atoms with Gasteiger partial charge in [-0.25, -0.2) is 4.98 Å². The van der Waals surface area contributed by atoms with Crippen LogP contribution in [-0.4, -0.2) is 35.4 Å². The average molecular weight is 297 g/mol. The Labute approximate surface area is 129 Å². The molecule has 2 aromatic heterocycles. The maximum Gasteiger partial charge on any atom is 0.257 e. The van der Waals surface area contributed by atoms with Gasteiger partial charge in [-0.15, -0.1) is 6.58 Å². The molecule has 0 aromatic carbocycles. The Morgan fingerprint density at radius 3 is 3.05 bits per heavy atom. The van der Waals surface area contributed by atoms with E-state index in [0.717, 1.165) is 24.5 Å². The Morgan fingerprint density at radius 2 is 2.32 bits per heavy atom. The first-order chi connectivity index (χ1) is 10.7. The summed E-state index contributed by atoms with van der Waals surface area (Å²) in [7, 11) is 0. The van der Waals surface area contributed by atoms with E-state index in [4.69, 9.17) is 4.42 Å². The van der Waals surface area contributed by atoms with Crippen molar-refractivity contribution in [2.75, 3.05) is 24.5 Å². The molecule has 0 aliphatic carbocycles. The third-order valence-electron chi connectivity index (χ3n) is 3.89. The van der Waals surface area contributed by atoms with Crippen molar-refractivity contribution in [3.8, 4) is 0 Å². The summed E-state index contributed by atoms with van der Waals surface area (Å²) in [6.07, 6.45) is 5.20. The molecule has 0 atom stereocenters. The van der Waals surface area contributed by atoms with Gasteiger partial charge in [0.1, 0.15) is 11.6 Å². The fourth-order valence-corrected chi connectivity index (χ4v) is 2.75. The predicted molar refractivity (Wildman–Crippen MR) is 84.8 cm³/mol. The second kappa shape index (κ2) is 6.05. The topological polar surface area (TPSA) is 49.6 Å². The van der Waals surface area contributed by atoms with Crippen LogP contribution in [0.5, 0.6) is 0 Å². The monoisotopic (exact) mass is 297 g/mol. The Balaban J connectivity index is 1.90. The molecule has 5 nitrogen and oxygen atoms in total. The van der Waals surface area contributed by atoms with Gasteiger partial charge in [0.2, 0.25) is 0 Å². The Morgan fingerprint density at radius 1 is 1.45 bits per heavy atom. The van der Waals surface area contributed by atoms with E-state index in [1.165, 1.54) is 0 Å². The maximum absolute atomic E-state index is 12.7. The molecule has 114 valence electrons. The summed E-state index contributed by atoms with van der Waals surface area (Å²) in [6.45, 7) is 8.27. The number of pyridine rings is 1. The van der Waals surface area contributed by atoms with Gasteiger partial charge in [0.05, 0.1) is 11.8 Å². The Kier molecular flexibility index (Phi) is 3.96. The van der Waals surface area contributed by atoms with Crippen LogP contribution in [0, 0.1) is 6.92 Å². The summed E-state index contributed by atoms with van der Waals surface area (Å²) in [5, 5.41) is 0. The van der Waals surface area contributed by atoms with Gasteiger partial charge in [0.15, 0.2) is 0 Å². The van der Waals surface area contributed by atoms with Crippen molar-refractivity contribution < 1.29 is 9.21 Å². The summed E-state index contributed by atoms with van der Waals surface area (Å²) in [4.78, 5) is 21.2. The van der Waals surface area contributed by atoms with Gasteiger partial charge in [0, 0.05) is 37.9 Å². The minimum Gasteiger partial charge on any atom is -0.469 e. The van der Waals surface area contributed by atoms with Gasteiger partial charge in [-0.2, -0.15) is 0 Å². The van der Waals surface area contributed by atoms with Crippen LogP contribution in [0.15, 0.2) is 47.7 Å². The SMILES string of the molecule is C=CCN1CCN(C(=O)c2ccoc2C)Cc2cccnc21. The van der Waals surface area contributed by atoms with E-state index in [9.17, 15) is 4.79 Å². The molecule has 0 fully saturated rings. The van der Waals surface area contributed by atoms with Crippen LogP contribution in [0.1, 0.15) is 21.7 Å². The molecular weight excluding hydrogens is 278 g/mol. The Bertz CT molecular complexity index is 693. The van der Waals surface area contributed by atoms with Crippen molar-refractivity contribution in [3.05, 3.63) is 60.2 Å². The van der Waals surface area contributed by atoms with Gasteiger partial charge >= 0.3 is 0 Å². The molecule has 0 radical (unpaired) electrons. The van der Waals surface area contributed by atoms with Crippen molar-refractivity contribution >= 4 is 11.7 Å². The lowest BCUT2D eigenvalue weighted by Gasteiger charge is -2.22. The molecule has 2 aromatic rings. The fourth-order valence-electron chi connectivity index (χ4n) is 2.75. The summed E-state index contributed by atoms with van der Waals surface area (Å²) >= 11 is 0. The number of nitrogens with zero attached hydrogens (tertiary/aromatic N) is 3. The zero-order chi connectivity index (χ0) is 15.5. The Hall–Kier alpha value is -2.56. The lowest BCUT2D eigenvalue weighted by atomic mass is 10.2. The number of aromatic nitrogens is 1. The summed E-state index contributed by atoms with van der Waals surface area (Å²) in [6, 6.07) is 5.66. The number of furan rings is 1. The highest BCUT2D eigenvalue weighted by Crippen LogP contribution is 2.24. The van der Waals surface area contributed by atoms with E-state index in [2.05, 4.69) is 16.5 Å². The van der Waals surface area contributed by atoms with Gasteiger partial charge in [-0.3, -0.25) is 4.79 Å². The quantitative estimate of drug-likeness (QED) is 0.817. The lowest BCUT2D eigenvalue weighted by Crippen LogP contribution is -2.35. The second-order valence-corrected chi connectivity index (χ2v) is 5.34. The van der Waals surface area contributed by atoms with Gasteiger partial charge < -0.3 is 14.2 Å². The molecule has 1 aliphatic heterocycles. The van der Waals surface area contributed by atoms with E-state index >= 15 is 0 Å². The minimum absolute atomic E-state index is 0.00139. The van der Waals surface area contributed by atoms with Crippen molar-refractivity contribution in [1.29, 1.82) is 0 Å². The predicted octanol–water partition coefficient (Wildman–Crippen LogP) is 2.63. The summed E-state index contributed by atoms with van der Waals surface area (Å²) in [5.41, 5.74) is 1.68. The molecule has 0 spiro atoms. The standard InChI is InChI=1S/C17H19N3O2/c1-3-8-19-9-10-20(12-14-5-4-7-18-16(14)19)17(21)15-6-11-22-13(15)2/h3-7,11H,1,8-10,12H2,2H3. The third kappa shape index (κ3) is 2.62. The molecule has 0 N–H and O–H groups in total. The number of anilines is 1. The number of carbonyl (C=O) groups is 1. The van der Waals surface area contributed by atoms with E-state index in [1.54, 1.807) is 18.5 Å². The van der Waals surface area contributed by atoms with Gasteiger partial charge in [0.25, 0.3) is 5.91 Å². The summed E-state index contributed by atoms with van der Waals surface area (Å²) in [5.74, 6) is 1.59. The molecule has 5 heteroatoms. The number of hydrogen-bond donors (Lipinski definition) is 0. The molecular formula is C17H19N3O2. The van der Waals surface area contributed by atoms with Crippen LogP contribution < -0.4 is 4.90 Å². The summed E-state index contributed by atoms with van der Waals surface area (Å²) < 4.78 is 5.25. The lowest BCUT2D eigenvalue weighted by molar-refractivity contribution is 0.0750. The number of carbonyl (C=O) groups excluding carboxylic acids is 1. The molecule has 1 amide bonds. The van der Waals surface area contributed by atoms with Crippen LogP contribution in [0.25, 0.3) is 0 Å². The smallest absolute Gasteiger partial charge is 0.257 e. The number of amides is 1. The number of fused-ring (bicyclic) bond motifs is 1. The van der Waals surface area contributed by atoms with Crippen LogP contribution in [-0.2, 0) is 6.54 Å². The first-order valence-electron chi connectivity index (χ1n) is 7.34. The molecule has 1 aliphatic rings. The zero-order valence-corrected chi connectivity index (χ0v) is 12.7. The van der Waals surface area contributed by atoms with Crippen LogP contribution >= 0.6 is 0 Å². The van der Waals surface area contributed by atoms with Gasteiger partial charge in [-0.05, 0) is 19.1 Å². The number of hydrogen-bond acceptors (Lipinski definition) is 4. The van der Waals surface area contributed by atoms with Crippen molar-refractivity contribution in [3.63, 3.8) is 0 Å².